The topological polar surface area (TPSA) is 92.2 Å². The average molecular weight is 297 g/mol. The molecule has 1 amide bonds. The zero-order chi connectivity index (χ0) is 13.8. The van der Waals surface area contributed by atoms with Crippen LogP contribution in [0.15, 0.2) is 10.9 Å². The van der Waals surface area contributed by atoms with Gasteiger partial charge in [-0.25, -0.2) is 14.8 Å². The molecule has 8 heteroatoms. The van der Waals surface area contributed by atoms with Crippen molar-refractivity contribution in [3.8, 4) is 0 Å². The SMILES string of the molecule is Cc1ncsc1C(=O)NCCc1nc(C(=O)O)cs1. The van der Waals surface area contributed by atoms with Crippen LogP contribution in [0.1, 0.15) is 30.9 Å². The molecule has 0 radical (unpaired) electrons. The molecule has 0 saturated carbocycles. The Labute approximate surface area is 117 Å². The Morgan fingerprint density at radius 3 is 2.79 bits per heavy atom. The molecule has 2 aromatic rings. The van der Waals surface area contributed by atoms with E-state index < -0.39 is 5.97 Å². The van der Waals surface area contributed by atoms with Crippen LogP contribution in [0.2, 0.25) is 0 Å². The first-order chi connectivity index (χ1) is 9.08. The summed E-state index contributed by atoms with van der Waals surface area (Å²) in [5, 5.41) is 13.7. The van der Waals surface area contributed by atoms with Gasteiger partial charge in [0.1, 0.15) is 4.88 Å². The van der Waals surface area contributed by atoms with Gasteiger partial charge >= 0.3 is 5.97 Å². The molecule has 0 aliphatic carbocycles. The van der Waals surface area contributed by atoms with Gasteiger partial charge in [0.15, 0.2) is 5.69 Å². The van der Waals surface area contributed by atoms with Gasteiger partial charge in [-0.3, -0.25) is 4.79 Å². The lowest BCUT2D eigenvalue weighted by Crippen LogP contribution is -2.25. The van der Waals surface area contributed by atoms with Crippen molar-refractivity contribution in [2.45, 2.75) is 13.3 Å². The summed E-state index contributed by atoms with van der Waals surface area (Å²) in [5.41, 5.74) is 2.39. The van der Waals surface area contributed by atoms with Gasteiger partial charge in [-0.05, 0) is 6.92 Å². The minimum Gasteiger partial charge on any atom is -0.476 e. The normalized spacial score (nSPS) is 10.4. The summed E-state index contributed by atoms with van der Waals surface area (Å²) in [6.07, 6.45) is 0.515. The lowest BCUT2D eigenvalue weighted by molar-refractivity contribution is 0.0690. The van der Waals surface area contributed by atoms with Gasteiger partial charge in [0.2, 0.25) is 0 Å². The Balaban J connectivity index is 1.85. The molecule has 0 aliphatic rings. The van der Waals surface area contributed by atoms with E-state index in [4.69, 9.17) is 5.11 Å². The molecule has 0 aromatic carbocycles. The first-order valence-electron chi connectivity index (χ1n) is 5.44. The summed E-state index contributed by atoms with van der Waals surface area (Å²) < 4.78 is 0. The van der Waals surface area contributed by atoms with Crippen molar-refractivity contribution in [1.82, 2.24) is 15.3 Å². The van der Waals surface area contributed by atoms with Crippen molar-refractivity contribution in [2.75, 3.05) is 6.54 Å². The van der Waals surface area contributed by atoms with Gasteiger partial charge in [-0.15, -0.1) is 22.7 Å². The quantitative estimate of drug-likeness (QED) is 0.874. The molecule has 0 spiro atoms. The Bertz CT molecular complexity index is 606. The second-order valence-electron chi connectivity index (χ2n) is 3.70. The molecule has 0 fully saturated rings. The summed E-state index contributed by atoms with van der Waals surface area (Å²) in [5.74, 6) is -1.19. The fourth-order valence-electron chi connectivity index (χ4n) is 1.41. The minimum absolute atomic E-state index is 0.0460. The van der Waals surface area contributed by atoms with Crippen LogP contribution < -0.4 is 5.32 Å². The van der Waals surface area contributed by atoms with E-state index in [-0.39, 0.29) is 11.6 Å². The largest absolute Gasteiger partial charge is 0.476 e. The van der Waals surface area contributed by atoms with Gasteiger partial charge in [-0.1, -0.05) is 0 Å². The number of aromatic nitrogens is 2. The smallest absolute Gasteiger partial charge is 0.355 e. The van der Waals surface area contributed by atoms with Gasteiger partial charge in [0, 0.05) is 18.3 Å². The summed E-state index contributed by atoms with van der Waals surface area (Å²) in [7, 11) is 0. The third-order valence-electron chi connectivity index (χ3n) is 2.35. The van der Waals surface area contributed by atoms with Crippen molar-refractivity contribution < 1.29 is 14.7 Å². The molecule has 2 heterocycles. The first kappa shape index (κ1) is 13.6. The van der Waals surface area contributed by atoms with Crippen LogP contribution in [0, 0.1) is 6.92 Å². The van der Waals surface area contributed by atoms with Crippen LogP contribution >= 0.6 is 22.7 Å². The van der Waals surface area contributed by atoms with Crippen LogP contribution in [0.3, 0.4) is 0 Å². The zero-order valence-corrected chi connectivity index (χ0v) is 11.7. The fourth-order valence-corrected chi connectivity index (χ4v) is 2.90. The second kappa shape index (κ2) is 5.89. The van der Waals surface area contributed by atoms with E-state index in [9.17, 15) is 9.59 Å². The van der Waals surface area contributed by atoms with E-state index in [0.717, 1.165) is 0 Å². The Kier molecular flexibility index (Phi) is 4.23. The van der Waals surface area contributed by atoms with Gasteiger partial charge in [0.25, 0.3) is 5.91 Å². The number of rotatable bonds is 5. The maximum absolute atomic E-state index is 11.8. The van der Waals surface area contributed by atoms with Crippen molar-refractivity contribution in [2.24, 2.45) is 0 Å². The number of nitrogens with zero attached hydrogens (tertiary/aromatic N) is 2. The molecular formula is C11H11N3O3S2. The molecule has 0 saturated heterocycles. The highest BCUT2D eigenvalue weighted by molar-refractivity contribution is 7.11. The summed E-state index contributed by atoms with van der Waals surface area (Å²) in [4.78, 5) is 31.0. The number of aromatic carboxylic acids is 1. The van der Waals surface area contributed by atoms with Crippen molar-refractivity contribution >= 4 is 34.6 Å². The first-order valence-corrected chi connectivity index (χ1v) is 7.20. The maximum Gasteiger partial charge on any atom is 0.355 e. The lowest BCUT2D eigenvalue weighted by atomic mass is 10.3. The number of carboxylic acids is 1. The molecule has 0 bridgehead atoms. The van der Waals surface area contributed by atoms with Gasteiger partial charge in [0.05, 0.1) is 16.2 Å². The molecule has 2 aromatic heterocycles. The van der Waals surface area contributed by atoms with E-state index in [2.05, 4.69) is 15.3 Å². The van der Waals surface area contributed by atoms with E-state index in [0.29, 0.717) is 28.5 Å². The van der Waals surface area contributed by atoms with E-state index >= 15 is 0 Å². The molecular weight excluding hydrogens is 286 g/mol. The van der Waals surface area contributed by atoms with Crippen molar-refractivity contribution in [1.29, 1.82) is 0 Å². The Hall–Kier alpha value is -1.80. The number of thiazole rings is 2. The third kappa shape index (κ3) is 3.36. The predicted octanol–water partition coefficient (Wildman–Crippen LogP) is 1.58. The fraction of sp³-hybridized carbons (Fsp3) is 0.273. The van der Waals surface area contributed by atoms with E-state index in [1.807, 2.05) is 0 Å². The van der Waals surface area contributed by atoms with Crippen molar-refractivity contribution in [3.05, 3.63) is 32.2 Å². The molecule has 100 valence electrons. The highest BCUT2D eigenvalue weighted by atomic mass is 32.1. The summed E-state index contributed by atoms with van der Waals surface area (Å²) >= 11 is 2.58. The molecule has 0 unspecified atom stereocenters. The highest BCUT2D eigenvalue weighted by Crippen LogP contribution is 2.12. The van der Waals surface area contributed by atoms with Crippen LogP contribution in [-0.4, -0.2) is 33.5 Å². The third-order valence-corrected chi connectivity index (χ3v) is 4.18. The minimum atomic E-state index is -1.04. The number of amides is 1. The lowest BCUT2D eigenvalue weighted by Gasteiger charge is -2.02. The molecule has 0 aliphatic heterocycles. The van der Waals surface area contributed by atoms with Crippen LogP contribution in [0.5, 0.6) is 0 Å². The van der Waals surface area contributed by atoms with Crippen molar-refractivity contribution in [3.63, 3.8) is 0 Å². The maximum atomic E-state index is 11.8. The molecule has 2 N–H and O–H groups in total. The molecule has 6 nitrogen and oxygen atoms in total. The highest BCUT2D eigenvalue weighted by Gasteiger charge is 2.12. The number of carbonyl (C=O) groups is 2. The van der Waals surface area contributed by atoms with Crippen LogP contribution in [0.4, 0.5) is 0 Å². The molecule has 0 atom stereocenters. The number of aryl methyl sites for hydroxylation is 1. The number of hydrogen-bond donors (Lipinski definition) is 2. The number of nitrogens with one attached hydrogen (secondary N) is 1. The van der Waals surface area contributed by atoms with Crippen LogP contribution in [-0.2, 0) is 6.42 Å². The Morgan fingerprint density at radius 1 is 1.42 bits per heavy atom. The average Bonchev–Trinajstić information content (AvgIpc) is 2.97. The van der Waals surface area contributed by atoms with Gasteiger partial charge < -0.3 is 10.4 Å². The predicted molar refractivity (Wildman–Crippen MR) is 72.0 cm³/mol. The molecule has 2 rings (SSSR count). The van der Waals surface area contributed by atoms with Crippen LogP contribution in [0.25, 0.3) is 0 Å². The van der Waals surface area contributed by atoms with Gasteiger partial charge in [-0.2, -0.15) is 0 Å². The van der Waals surface area contributed by atoms with E-state index in [1.165, 1.54) is 28.1 Å². The monoisotopic (exact) mass is 297 g/mol. The second-order valence-corrected chi connectivity index (χ2v) is 5.50. The summed E-state index contributed by atoms with van der Waals surface area (Å²) in [6.45, 7) is 2.20. The summed E-state index contributed by atoms with van der Waals surface area (Å²) in [6, 6.07) is 0. The van der Waals surface area contributed by atoms with E-state index in [1.54, 1.807) is 12.4 Å². The Morgan fingerprint density at radius 2 is 2.21 bits per heavy atom. The number of hydrogen-bond acceptors (Lipinski definition) is 6. The number of carbonyl (C=O) groups excluding carboxylic acids is 1. The zero-order valence-electron chi connectivity index (χ0n) is 10.0. The molecule has 19 heavy (non-hydrogen) atoms. The standard InChI is InChI=1S/C11H11N3O3S2/c1-6-9(19-5-13-6)10(15)12-3-2-8-14-7(4-18-8)11(16)17/h4-5H,2-3H2,1H3,(H,12,15)(H,16,17). The number of carboxylic acid groups (broad SMARTS) is 1.